The zero-order valence-electron chi connectivity index (χ0n) is 14.4. The maximum absolute atomic E-state index is 5.06. The molecule has 0 bridgehead atoms. The third kappa shape index (κ3) is 18.0. The molecular weight excluding hydrogens is 244 g/mol. The van der Waals surface area contributed by atoms with Gasteiger partial charge in [0.05, 0.1) is 0 Å². The van der Waals surface area contributed by atoms with E-state index >= 15 is 0 Å². The number of rotatable bonds is 17. The third-order valence-corrected chi connectivity index (χ3v) is 4.20. The van der Waals surface area contributed by atoms with Crippen molar-refractivity contribution in [3.05, 3.63) is 0 Å². The Morgan fingerprint density at radius 2 is 0.750 bits per heavy atom. The fraction of sp³-hybridized carbons (Fsp3) is 1.00. The molecule has 0 aromatic rings. The van der Waals surface area contributed by atoms with Gasteiger partial charge in [-0.1, -0.05) is 103 Å². The molecule has 0 aliphatic carbocycles. The van der Waals surface area contributed by atoms with E-state index in [2.05, 4.69) is 6.92 Å². The highest BCUT2D eigenvalue weighted by molar-refractivity contribution is 4.49. The molecule has 0 atom stereocenters. The average molecular weight is 285 g/mol. The lowest BCUT2D eigenvalue weighted by Gasteiger charge is -2.03. The molecule has 20 heavy (non-hydrogen) atoms. The maximum atomic E-state index is 5.06. The van der Waals surface area contributed by atoms with Gasteiger partial charge in [0.25, 0.3) is 0 Å². The summed E-state index contributed by atoms with van der Waals surface area (Å²) >= 11 is 0. The normalized spacial score (nSPS) is 11.1. The van der Waals surface area contributed by atoms with Gasteiger partial charge in [-0.25, -0.2) is 0 Å². The molecule has 122 valence electrons. The van der Waals surface area contributed by atoms with E-state index in [1.807, 2.05) is 0 Å². The van der Waals surface area contributed by atoms with Gasteiger partial charge in [0.2, 0.25) is 0 Å². The zero-order chi connectivity index (χ0) is 14.7. The van der Waals surface area contributed by atoms with Crippen LogP contribution in [0.5, 0.6) is 0 Å². The molecule has 0 heterocycles. The van der Waals surface area contributed by atoms with Crippen molar-refractivity contribution in [2.75, 3.05) is 13.7 Å². The predicted octanol–water partition coefficient (Wildman–Crippen LogP) is 6.89. The largest absolute Gasteiger partial charge is 0.385 e. The van der Waals surface area contributed by atoms with Crippen LogP contribution in [0.2, 0.25) is 0 Å². The second-order valence-corrected chi connectivity index (χ2v) is 6.30. The summed E-state index contributed by atoms with van der Waals surface area (Å²) in [5, 5.41) is 0. The van der Waals surface area contributed by atoms with Gasteiger partial charge in [-0.05, 0) is 6.42 Å². The molecule has 0 aliphatic rings. The van der Waals surface area contributed by atoms with Gasteiger partial charge in [0, 0.05) is 13.7 Å². The van der Waals surface area contributed by atoms with E-state index in [1.165, 1.54) is 103 Å². The molecule has 0 saturated carbocycles. The third-order valence-electron chi connectivity index (χ3n) is 4.20. The summed E-state index contributed by atoms with van der Waals surface area (Å²) in [6.07, 6.45) is 22.9. The number of unbranched alkanes of at least 4 members (excludes halogenated alkanes) is 15. The summed E-state index contributed by atoms with van der Waals surface area (Å²) in [4.78, 5) is 0. The quantitative estimate of drug-likeness (QED) is 0.264. The zero-order valence-corrected chi connectivity index (χ0v) is 14.4. The lowest BCUT2D eigenvalue weighted by atomic mass is 10.0. The SMILES string of the molecule is CCCCCCCCCCCCCCCCCCOC. The van der Waals surface area contributed by atoms with Crippen molar-refractivity contribution < 1.29 is 4.74 Å². The molecule has 1 heteroatoms. The Morgan fingerprint density at radius 3 is 1.05 bits per heavy atom. The van der Waals surface area contributed by atoms with Crippen LogP contribution in [0.15, 0.2) is 0 Å². The molecule has 0 aliphatic heterocycles. The first-order valence-electron chi connectivity index (χ1n) is 9.40. The first kappa shape index (κ1) is 20.0. The van der Waals surface area contributed by atoms with Crippen molar-refractivity contribution in [1.82, 2.24) is 0 Å². The van der Waals surface area contributed by atoms with Crippen molar-refractivity contribution in [3.8, 4) is 0 Å². The summed E-state index contributed by atoms with van der Waals surface area (Å²) in [5.74, 6) is 0. The van der Waals surface area contributed by atoms with Crippen LogP contribution in [0.3, 0.4) is 0 Å². The van der Waals surface area contributed by atoms with Gasteiger partial charge in [0.15, 0.2) is 0 Å². The van der Waals surface area contributed by atoms with Crippen LogP contribution in [-0.4, -0.2) is 13.7 Å². The lowest BCUT2D eigenvalue weighted by molar-refractivity contribution is 0.192. The minimum atomic E-state index is 0.943. The summed E-state index contributed by atoms with van der Waals surface area (Å²) in [7, 11) is 1.80. The molecule has 0 aromatic carbocycles. The van der Waals surface area contributed by atoms with Crippen LogP contribution >= 0.6 is 0 Å². The molecule has 0 unspecified atom stereocenters. The molecule has 0 amide bonds. The molecule has 0 rings (SSSR count). The number of ether oxygens (including phenoxy) is 1. The Morgan fingerprint density at radius 1 is 0.450 bits per heavy atom. The summed E-state index contributed by atoms with van der Waals surface area (Å²) < 4.78 is 5.06. The van der Waals surface area contributed by atoms with Crippen LogP contribution in [-0.2, 0) is 4.74 Å². The average Bonchev–Trinajstić information content (AvgIpc) is 2.47. The van der Waals surface area contributed by atoms with Crippen LogP contribution in [0, 0.1) is 0 Å². The Bertz CT molecular complexity index is 138. The topological polar surface area (TPSA) is 9.23 Å². The standard InChI is InChI=1S/C19H40O/c1-3-4-5-6-7-8-9-10-11-12-13-14-15-16-17-18-19-20-2/h3-19H2,1-2H3. The Balaban J connectivity index is 2.89. The highest BCUT2D eigenvalue weighted by Crippen LogP contribution is 2.13. The second-order valence-electron chi connectivity index (χ2n) is 6.30. The van der Waals surface area contributed by atoms with Gasteiger partial charge in [-0.15, -0.1) is 0 Å². The van der Waals surface area contributed by atoms with Gasteiger partial charge >= 0.3 is 0 Å². The molecule has 0 radical (unpaired) electrons. The fourth-order valence-electron chi connectivity index (χ4n) is 2.79. The Kier molecular flexibility index (Phi) is 18.9. The summed E-state index contributed by atoms with van der Waals surface area (Å²) in [6, 6.07) is 0. The molecular formula is C19H40O. The predicted molar refractivity (Wildman–Crippen MR) is 91.4 cm³/mol. The summed E-state index contributed by atoms with van der Waals surface area (Å²) in [5.41, 5.74) is 0. The maximum Gasteiger partial charge on any atom is 0.0462 e. The lowest BCUT2D eigenvalue weighted by Crippen LogP contribution is -1.88. The van der Waals surface area contributed by atoms with E-state index in [0.717, 1.165) is 6.61 Å². The van der Waals surface area contributed by atoms with E-state index in [0.29, 0.717) is 0 Å². The summed E-state index contributed by atoms with van der Waals surface area (Å²) in [6.45, 7) is 3.23. The van der Waals surface area contributed by atoms with Crippen LogP contribution in [0.4, 0.5) is 0 Å². The molecule has 0 aromatic heterocycles. The molecule has 1 nitrogen and oxygen atoms in total. The molecule has 0 saturated heterocycles. The van der Waals surface area contributed by atoms with E-state index in [4.69, 9.17) is 4.74 Å². The first-order chi connectivity index (χ1) is 9.91. The highest BCUT2D eigenvalue weighted by Gasteiger charge is 1.94. The number of hydrogen-bond acceptors (Lipinski definition) is 1. The van der Waals surface area contributed by atoms with Crippen molar-refractivity contribution in [2.24, 2.45) is 0 Å². The Labute approximate surface area is 128 Å². The van der Waals surface area contributed by atoms with Crippen LogP contribution in [0.25, 0.3) is 0 Å². The monoisotopic (exact) mass is 284 g/mol. The van der Waals surface area contributed by atoms with Crippen molar-refractivity contribution >= 4 is 0 Å². The van der Waals surface area contributed by atoms with Gasteiger partial charge in [-0.3, -0.25) is 0 Å². The Hall–Kier alpha value is -0.0400. The van der Waals surface area contributed by atoms with Gasteiger partial charge in [0.1, 0.15) is 0 Å². The van der Waals surface area contributed by atoms with E-state index < -0.39 is 0 Å². The minimum Gasteiger partial charge on any atom is -0.385 e. The molecule has 0 N–H and O–H groups in total. The van der Waals surface area contributed by atoms with Crippen molar-refractivity contribution in [3.63, 3.8) is 0 Å². The number of methoxy groups -OCH3 is 1. The number of hydrogen-bond donors (Lipinski definition) is 0. The van der Waals surface area contributed by atoms with Gasteiger partial charge in [-0.2, -0.15) is 0 Å². The minimum absolute atomic E-state index is 0.943. The van der Waals surface area contributed by atoms with Crippen LogP contribution < -0.4 is 0 Å². The van der Waals surface area contributed by atoms with Crippen molar-refractivity contribution in [1.29, 1.82) is 0 Å². The van der Waals surface area contributed by atoms with Crippen LogP contribution in [0.1, 0.15) is 110 Å². The van der Waals surface area contributed by atoms with Crippen molar-refractivity contribution in [2.45, 2.75) is 110 Å². The smallest absolute Gasteiger partial charge is 0.0462 e. The van der Waals surface area contributed by atoms with E-state index in [9.17, 15) is 0 Å². The van der Waals surface area contributed by atoms with E-state index in [1.54, 1.807) is 7.11 Å². The first-order valence-corrected chi connectivity index (χ1v) is 9.40. The molecule has 0 spiro atoms. The second kappa shape index (κ2) is 19.0. The fourth-order valence-corrected chi connectivity index (χ4v) is 2.79. The van der Waals surface area contributed by atoms with Gasteiger partial charge < -0.3 is 4.74 Å². The molecule has 0 fully saturated rings. The highest BCUT2D eigenvalue weighted by atomic mass is 16.5. The van der Waals surface area contributed by atoms with E-state index in [-0.39, 0.29) is 0 Å².